The van der Waals surface area contributed by atoms with E-state index in [-0.39, 0.29) is 25.1 Å². The molecule has 0 saturated heterocycles. The van der Waals surface area contributed by atoms with Gasteiger partial charge in [0.05, 0.1) is 19.7 Å². The minimum atomic E-state index is -1.16. The number of hydrogen-bond acceptors (Lipinski definition) is 5. The van der Waals surface area contributed by atoms with E-state index in [2.05, 4.69) is 26.6 Å². The molecular weight excluding hydrogens is 424 g/mol. The topological polar surface area (TPSA) is 76.7 Å². The van der Waals surface area contributed by atoms with Crippen LogP contribution in [0.15, 0.2) is 59.1 Å². The largest absolute Gasteiger partial charge is 0.491 e. The molecule has 2 aromatic rings. The lowest BCUT2D eigenvalue weighted by molar-refractivity contribution is -0.149. The molecule has 0 fully saturated rings. The molecule has 0 spiro atoms. The Morgan fingerprint density at radius 2 is 1.75 bits per heavy atom. The van der Waals surface area contributed by atoms with Crippen LogP contribution < -0.4 is 15.4 Å². The second-order valence-corrected chi connectivity index (χ2v) is 7.54. The summed E-state index contributed by atoms with van der Waals surface area (Å²) in [5.74, 6) is -0.102. The fourth-order valence-electron chi connectivity index (χ4n) is 2.55. The highest BCUT2D eigenvalue weighted by atomic mass is 79.9. The lowest BCUT2D eigenvalue weighted by atomic mass is 10.0. The summed E-state index contributed by atoms with van der Waals surface area (Å²) in [5.41, 5.74) is -0.178. The first kappa shape index (κ1) is 21.9. The van der Waals surface area contributed by atoms with E-state index in [4.69, 9.17) is 9.47 Å². The summed E-state index contributed by atoms with van der Waals surface area (Å²) < 4.78 is 11.5. The van der Waals surface area contributed by atoms with Crippen LogP contribution in [-0.2, 0) is 14.3 Å². The maximum Gasteiger partial charge on any atom is 0.329 e. The van der Waals surface area contributed by atoms with E-state index in [0.717, 1.165) is 10.0 Å². The van der Waals surface area contributed by atoms with Crippen LogP contribution in [0.5, 0.6) is 5.75 Å². The first-order valence-corrected chi connectivity index (χ1v) is 9.69. The van der Waals surface area contributed by atoms with Crippen molar-refractivity contribution in [3.63, 3.8) is 0 Å². The van der Waals surface area contributed by atoms with Gasteiger partial charge in [0.2, 0.25) is 5.91 Å². The molecule has 0 heterocycles. The van der Waals surface area contributed by atoms with Crippen molar-refractivity contribution in [3.8, 4) is 5.75 Å². The molecular formula is C21H25BrN2O4. The van der Waals surface area contributed by atoms with Crippen molar-refractivity contribution < 1.29 is 19.1 Å². The normalized spacial score (nSPS) is 13.9. The molecule has 6 nitrogen and oxygen atoms in total. The average molecular weight is 449 g/mol. The Kier molecular flexibility index (Phi) is 8.02. The third kappa shape index (κ3) is 6.35. The molecule has 7 heteroatoms. The lowest BCUT2D eigenvalue weighted by Crippen LogP contribution is -2.57. The predicted octanol–water partition coefficient (Wildman–Crippen LogP) is 3.23. The van der Waals surface area contributed by atoms with Gasteiger partial charge in [0, 0.05) is 4.47 Å². The Labute approximate surface area is 173 Å². The number of methoxy groups -OCH3 is 1. The molecule has 2 N–H and O–H groups in total. The van der Waals surface area contributed by atoms with Gasteiger partial charge < -0.3 is 14.8 Å². The minimum Gasteiger partial charge on any atom is -0.491 e. The maximum atomic E-state index is 12.3. The standard InChI is InChI=1S/C21H25BrN2O4/c1-15(16-9-11-17(22)12-10-16)24-19(25)13-23-21(2,20(26)27-3)14-28-18-7-5-4-6-8-18/h4-12,15,23H,13-14H2,1-3H3,(H,24,25). The average Bonchev–Trinajstić information content (AvgIpc) is 2.71. The van der Waals surface area contributed by atoms with Crippen LogP contribution in [0.4, 0.5) is 0 Å². The zero-order chi connectivity index (χ0) is 20.6. The summed E-state index contributed by atoms with van der Waals surface area (Å²) in [5, 5.41) is 5.87. The smallest absolute Gasteiger partial charge is 0.329 e. The van der Waals surface area contributed by atoms with Crippen molar-refractivity contribution in [1.29, 1.82) is 0 Å². The van der Waals surface area contributed by atoms with Crippen LogP contribution in [0.25, 0.3) is 0 Å². The van der Waals surface area contributed by atoms with Gasteiger partial charge in [-0.1, -0.05) is 46.3 Å². The SMILES string of the molecule is COC(=O)C(C)(COc1ccccc1)NCC(=O)NC(C)c1ccc(Br)cc1. The fraction of sp³-hybridized carbons (Fsp3) is 0.333. The van der Waals surface area contributed by atoms with Gasteiger partial charge in [-0.05, 0) is 43.7 Å². The van der Waals surface area contributed by atoms with Crippen LogP contribution in [-0.4, -0.2) is 37.7 Å². The monoisotopic (exact) mass is 448 g/mol. The minimum absolute atomic E-state index is 0.0270. The Balaban J connectivity index is 1.93. The number of ether oxygens (including phenoxy) is 2. The molecule has 1 amide bonds. The van der Waals surface area contributed by atoms with Gasteiger partial charge >= 0.3 is 5.97 Å². The van der Waals surface area contributed by atoms with Crippen LogP contribution in [0.2, 0.25) is 0 Å². The summed E-state index contributed by atoms with van der Waals surface area (Å²) >= 11 is 3.39. The van der Waals surface area contributed by atoms with Crippen molar-refractivity contribution in [2.24, 2.45) is 0 Å². The number of carbonyl (C=O) groups excluding carboxylic acids is 2. The van der Waals surface area contributed by atoms with Gasteiger partial charge in [0.1, 0.15) is 17.9 Å². The van der Waals surface area contributed by atoms with Crippen molar-refractivity contribution in [3.05, 3.63) is 64.6 Å². The summed E-state index contributed by atoms with van der Waals surface area (Å²) in [6.45, 7) is 3.52. The van der Waals surface area contributed by atoms with Crippen LogP contribution >= 0.6 is 15.9 Å². The van der Waals surface area contributed by atoms with Crippen molar-refractivity contribution in [1.82, 2.24) is 10.6 Å². The number of para-hydroxylation sites is 1. The van der Waals surface area contributed by atoms with E-state index in [0.29, 0.717) is 5.75 Å². The first-order valence-electron chi connectivity index (χ1n) is 8.90. The molecule has 2 aromatic carbocycles. The molecule has 150 valence electrons. The number of amides is 1. The Hall–Kier alpha value is -2.38. The molecule has 0 bridgehead atoms. The summed E-state index contributed by atoms with van der Waals surface area (Å²) in [7, 11) is 1.31. The van der Waals surface area contributed by atoms with E-state index in [1.807, 2.05) is 49.4 Å². The number of carbonyl (C=O) groups is 2. The summed E-state index contributed by atoms with van der Waals surface area (Å²) in [6, 6.07) is 16.7. The lowest BCUT2D eigenvalue weighted by Gasteiger charge is -2.28. The van der Waals surface area contributed by atoms with Crippen molar-refractivity contribution in [2.75, 3.05) is 20.3 Å². The zero-order valence-corrected chi connectivity index (χ0v) is 17.8. The molecule has 0 saturated carbocycles. The number of rotatable bonds is 9. The molecule has 0 aliphatic heterocycles. The molecule has 2 unspecified atom stereocenters. The molecule has 0 aliphatic carbocycles. The predicted molar refractivity (Wildman–Crippen MR) is 111 cm³/mol. The Bertz CT molecular complexity index is 783. The van der Waals surface area contributed by atoms with E-state index < -0.39 is 11.5 Å². The highest BCUT2D eigenvalue weighted by Crippen LogP contribution is 2.17. The molecule has 28 heavy (non-hydrogen) atoms. The van der Waals surface area contributed by atoms with Crippen LogP contribution in [0.3, 0.4) is 0 Å². The Morgan fingerprint density at radius 3 is 2.36 bits per heavy atom. The van der Waals surface area contributed by atoms with Gasteiger partial charge in [-0.2, -0.15) is 0 Å². The molecule has 2 rings (SSSR count). The highest BCUT2D eigenvalue weighted by molar-refractivity contribution is 9.10. The molecule has 0 radical (unpaired) electrons. The van der Waals surface area contributed by atoms with Gasteiger partial charge in [-0.3, -0.25) is 10.1 Å². The number of halogens is 1. The van der Waals surface area contributed by atoms with Crippen molar-refractivity contribution in [2.45, 2.75) is 25.4 Å². The van der Waals surface area contributed by atoms with Crippen molar-refractivity contribution >= 4 is 27.8 Å². The van der Waals surface area contributed by atoms with Gasteiger partial charge in [-0.25, -0.2) is 4.79 Å². The van der Waals surface area contributed by atoms with Gasteiger partial charge in [-0.15, -0.1) is 0 Å². The second kappa shape index (κ2) is 10.2. The number of benzene rings is 2. The van der Waals surface area contributed by atoms with Gasteiger partial charge in [0.25, 0.3) is 0 Å². The number of esters is 1. The van der Waals surface area contributed by atoms with Crippen LogP contribution in [0.1, 0.15) is 25.5 Å². The fourth-order valence-corrected chi connectivity index (χ4v) is 2.82. The maximum absolute atomic E-state index is 12.3. The van der Waals surface area contributed by atoms with Gasteiger partial charge in [0.15, 0.2) is 0 Å². The number of nitrogens with one attached hydrogen (secondary N) is 2. The quantitative estimate of drug-likeness (QED) is 0.575. The number of hydrogen-bond donors (Lipinski definition) is 2. The zero-order valence-electron chi connectivity index (χ0n) is 16.2. The van der Waals surface area contributed by atoms with E-state index in [9.17, 15) is 9.59 Å². The summed E-state index contributed by atoms with van der Waals surface area (Å²) in [4.78, 5) is 24.6. The van der Waals surface area contributed by atoms with E-state index in [1.54, 1.807) is 19.1 Å². The Morgan fingerprint density at radius 1 is 1.11 bits per heavy atom. The highest BCUT2D eigenvalue weighted by Gasteiger charge is 2.35. The second-order valence-electron chi connectivity index (χ2n) is 6.62. The molecule has 0 aliphatic rings. The molecule has 2 atom stereocenters. The third-order valence-electron chi connectivity index (χ3n) is 4.29. The van der Waals surface area contributed by atoms with Crippen LogP contribution in [0, 0.1) is 0 Å². The molecule has 0 aromatic heterocycles. The summed E-state index contributed by atoms with van der Waals surface area (Å²) in [6.07, 6.45) is 0. The van der Waals surface area contributed by atoms with E-state index in [1.165, 1.54) is 7.11 Å². The third-order valence-corrected chi connectivity index (χ3v) is 4.82. The van der Waals surface area contributed by atoms with E-state index >= 15 is 0 Å². The first-order chi connectivity index (χ1) is 13.3.